The molecule has 1 aliphatic rings. The first-order valence-corrected chi connectivity index (χ1v) is 5.48. The van der Waals surface area contributed by atoms with Crippen molar-refractivity contribution in [1.29, 1.82) is 0 Å². The van der Waals surface area contributed by atoms with E-state index in [0.717, 1.165) is 25.2 Å². The van der Waals surface area contributed by atoms with Crippen LogP contribution >= 0.6 is 0 Å². The third-order valence-electron chi connectivity index (χ3n) is 2.87. The van der Waals surface area contributed by atoms with E-state index in [4.69, 9.17) is 11.2 Å². The number of hydrogen-bond donors (Lipinski definition) is 1. The molecule has 1 aromatic rings. The largest absolute Gasteiger partial charge is 0.471 e. The minimum atomic E-state index is -0.788. The quantitative estimate of drug-likeness (QED) is 0.795. The van der Waals surface area contributed by atoms with Crippen LogP contribution in [-0.4, -0.2) is 18.7 Å². The van der Waals surface area contributed by atoms with Crippen molar-refractivity contribution in [3.05, 3.63) is 29.8 Å². The summed E-state index contributed by atoms with van der Waals surface area (Å²) in [6, 6.07) is 3.22. The summed E-state index contributed by atoms with van der Waals surface area (Å²) < 4.78 is 31.8. The Kier molecular flexibility index (Phi) is 3.30. The van der Waals surface area contributed by atoms with Gasteiger partial charge < -0.3 is 10.1 Å². The molecular weight excluding hydrogens is 224 g/mol. The highest BCUT2D eigenvalue weighted by molar-refractivity contribution is 5.28. The van der Waals surface area contributed by atoms with E-state index in [1.54, 1.807) is 0 Å². The summed E-state index contributed by atoms with van der Waals surface area (Å²) in [5.74, 6) is 1.24. The maximum atomic E-state index is 13.5. The minimum Gasteiger partial charge on any atom is -0.471 e. The molecule has 1 aliphatic heterocycles. The van der Waals surface area contributed by atoms with Crippen molar-refractivity contribution in [3.8, 4) is 18.1 Å². The predicted octanol–water partition coefficient (Wildman–Crippen LogP) is 2.10. The van der Waals surface area contributed by atoms with Crippen molar-refractivity contribution in [1.82, 2.24) is 5.32 Å². The molecule has 0 saturated carbocycles. The molecule has 0 spiro atoms. The van der Waals surface area contributed by atoms with Gasteiger partial charge in [0.2, 0.25) is 0 Å². The van der Waals surface area contributed by atoms with Gasteiger partial charge in [-0.1, -0.05) is 5.92 Å². The second kappa shape index (κ2) is 4.72. The van der Waals surface area contributed by atoms with Crippen LogP contribution in [0.3, 0.4) is 0 Å². The van der Waals surface area contributed by atoms with Crippen LogP contribution in [0, 0.1) is 24.0 Å². The number of halogens is 2. The van der Waals surface area contributed by atoms with Gasteiger partial charge in [0.15, 0.2) is 17.2 Å². The molecule has 0 radical (unpaired) electrons. The molecule has 0 unspecified atom stereocenters. The molecule has 17 heavy (non-hydrogen) atoms. The topological polar surface area (TPSA) is 21.3 Å². The van der Waals surface area contributed by atoms with E-state index in [9.17, 15) is 8.78 Å². The van der Waals surface area contributed by atoms with Crippen molar-refractivity contribution in [2.45, 2.75) is 18.4 Å². The van der Waals surface area contributed by atoms with Crippen LogP contribution in [0.2, 0.25) is 0 Å². The minimum absolute atomic E-state index is 0.00579. The van der Waals surface area contributed by atoms with Gasteiger partial charge in [-0.2, -0.15) is 0 Å². The van der Waals surface area contributed by atoms with Gasteiger partial charge in [-0.3, -0.25) is 0 Å². The van der Waals surface area contributed by atoms with E-state index in [0.29, 0.717) is 12.8 Å². The second-order valence-electron chi connectivity index (χ2n) is 4.07. The highest BCUT2D eigenvalue weighted by Crippen LogP contribution is 2.28. The van der Waals surface area contributed by atoms with Crippen molar-refractivity contribution in [3.63, 3.8) is 0 Å². The number of rotatable bonds is 2. The number of benzene rings is 1. The van der Waals surface area contributed by atoms with Gasteiger partial charge >= 0.3 is 0 Å². The van der Waals surface area contributed by atoms with Gasteiger partial charge in [0.1, 0.15) is 5.82 Å². The fourth-order valence-corrected chi connectivity index (χ4v) is 1.87. The zero-order valence-corrected chi connectivity index (χ0v) is 9.30. The maximum absolute atomic E-state index is 13.5. The Labute approximate surface area is 99.0 Å². The maximum Gasteiger partial charge on any atom is 0.171 e. The summed E-state index contributed by atoms with van der Waals surface area (Å²) in [4.78, 5) is 0. The fourth-order valence-electron chi connectivity index (χ4n) is 1.87. The normalized spacial score (nSPS) is 18.4. The second-order valence-corrected chi connectivity index (χ2v) is 4.07. The lowest BCUT2D eigenvalue weighted by molar-refractivity contribution is 0.0893. The Hall–Kier alpha value is -1.60. The van der Waals surface area contributed by atoms with Gasteiger partial charge in [0.05, 0.1) is 0 Å². The summed E-state index contributed by atoms with van der Waals surface area (Å²) in [5.41, 5.74) is -0.788. The number of terminal acetylenes is 1. The molecule has 0 bridgehead atoms. The molecule has 0 amide bonds. The van der Waals surface area contributed by atoms with E-state index in [2.05, 4.69) is 11.2 Å². The highest BCUT2D eigenvalue weighted by Gasteiger charge is 2.32. The van der Waals surface area contributed by atoms with Crippen LogP contribution in [-0.2, 0) is 0 Å². The molecule has 1 aromatic carbocycles. The van der Waals surface area contributed by atoms with Gasteiger partial charge in [0, 0.05) is 18.9 Å². The van der Waals surface area contributed by atoms with E-state index in [1.807, 2.05) is 0 Å². The number of nitrogens with one attached hydrogen (secondary N) is 1. The molecular formula is C13H13F2NO. The molecule has 2 nitrogen and oxygen atoms in total. The monoisotopic (exact) mass is 237 g/mol. The number of ether oxygens (including phenoxy) is 1. The zero-order valence-electron chi connectivity index (χ0n) is 9.30. The SMILES string of the molecule is C#CC1(Oc2ccc(F)cc2F)CCNCC1. The molecule has 1 heterocycles. The van der Waals surface area contributed by atoms with Gasteiger partial charge in [-0.15, -0.1) is 6.42 Å². The Morgan fingerprint density at radius 1 is 1.29 bits per heavy atom. The van der Waals surface area contributed by atoms with Crippen LogP contribution in [0.1, 0.15) is 12.8 Å². The first-order chi connectivity index (χ1) is 8.15. The average molecular weight is 237 g/mol. The summed E-state index contributed by atoms with van der Waals surface area (Å²) in [5, 5.41) is 3.15. The third kappa shape index (κ3) is 2.56. The van der Waals surface area contributed by atoms with E-state index in [-0.39, 0.29) is 5.75 Å². The Bertz CT molecular complexity index is 447. The van der Waals surface area contributed by atoms with E-state index in [1.165, 1.54) is 6.07 Å². The molecule has 1 fully saturated rings. The Morgan fingerprint density at radius 3 is 2.59 bits per heavy atom. The molecule has 1 N–H and O–H groups in total. The zero-order chi connectivity index (χ0) is 12.3. The lowest BCUT2D eigenvalue weighted by Gasteiger charge is -2.33. The molecule has 4 heteroatoms. The van der Waals surface area contributed by atoms with E-state index < -0.39 is 17.2 Å². The number of hydrogen-bond acceptors (Lipinski definition) is 2. The Morgan fingerprint density at radius 2 is 2.00 bits per heavy atom. The molecule has 90 valence electrons. The van der Waals surface area contributed by atoms with Crippen molar-refractivity contribution < 1.29 is 13.5 Å². The third-order valence-corrected chi connectivity index (χ3v) is 2.87. The van der Waals surface area contributed by atoms with Gasteiger partial charge in [0.25, 0.3) is 0 Å². The first-order valence-electron chi connectivity index (χ1n) is 5.48. The van der Waals surface area contributed by atoms with Crippen molar-refractivity contribution in [2.24, 2.45) is 0 Å². The van der Waals surface area contributed by atoms with Crippen LogP contribution in [0.5, 0.6) is 5.75 Å². The Balaban J connectivity index is 2.21. The van der Waals surface area contributed by atoms with E-state index >= 15 is 0 Å². The molecule has 0 aromatic heterocycles. The molecule has 0 atom stereocenters. The average Bonchev–Trinajstić information content (AvgIpc) is 2.34. The van der Waals surface area contributed by atoms with Crippen LogP contribution in [0.25, 0.3) is 0 Å². The van der Waals surface area contributed by atoms with Crippen LogP contribution in [0.15, 0.2) is 18.2 Å². The molecule has 2 rings (SSSR count). The summed E-state index contributed by atoms with van der Waals surface area (Å²) >= 11 is 0. The summed E-state index contributed by atoms with van der Waals surface area (Å²) in [6.07, 6.45) is 6.69. The lowest BCUT2D eigenvalue weighted by atomic mass is 9.93. The number of piperidine rings is 1. The van der Waals surface area contributed by atoms with Gasteiger partial charge in [-0.05, 0) is 25.2 Å². The predicted molar refractivity (Wildman–Crippen MR) is 60.7 cm³/mol. The van der Waals surface area contributed by atoms with Crippen molar-refractivity contribution >= 4 is 0 Å². The molecule has 0 aliphatic carbocycles. The highest BCUT2D eigenvalue weighted by atomic mass is 19.1. The first kappa shape index (κ1) is 11.9. The van der Waals surface area contributed by atoms with Gasteiger partial charge in [-0.25, -0.2) is 8.78 Å². The van der Waals surface area contributed by atoms with Crippen LogP contribution < -0.4 is 10.1 Å². The lowest BCUT2D eigenvalue weighted by Crippen LogP contribution is -2.45. The standard InChI is InChI=1S/C13H13F2NO/c1-2-13(5-7-16-8-6-13)17-12-4-3-10(14)9-11(12)15/h1,3-4,9,16H,5-8H2. The fraction of sp³-hybridized carbons (Fsp3) is 0.385. The summed E-state index contributed by atoms with van der Waals surface area (Å²) in [6.45, 7) is 1.46. The smallest absolute Gasteiger partial charge is 0.171 e. The van der Waals surface area contributed by atoms with Crippen molar-refractivity contribution in [2.75, 3.05) is 13.1 Å². The van der Waals surface area contributed by atoms with Crippen LogP contribution in [0.4, 0.5) is 8.78 Å². The summed E-state index contributed by atoms with van der Waals surface area (Å²) in [7, 11) is 0. The molecule has 1 saturated heterocycles.